The number of aliphatic imine (C=N–C) groups is 1. The zero-order valence-corrected chi connectivity index (χ0v) is 17.5. The molecule has 27 heavy (non-hydrogen) atoms. The SMILES string of the molecule is CN=C(NCc1cc(Br)ccc1OC)NC1CCN(c2ccccc2)CC1. The van der Waals surface area contributed by atoms with Crippen molar-refractivity contribution in [1.29, 1.82) is 0 Å². The van der Waals surface area contributed by atoms with Crippen LogP contribution in [0.4, 0.5) is 5.69 Å². The highest BCUT2D eigenvalue weighted by atomic mass is 79.9. The average Bonchev–Trinajstić information content (AvgIpc) is 2.72. The zero-order chi connectivity index (χ0) is 19.1. The Kier molecular flexibility index (Phi) is 6.98. The molecular weight excluding hydrogens is 404 g/mol. The molecule has 0 bridgehead atoms. The van der Waals surface area contributed by atoms with E-state index in [1.807, 2.05) is 19.2 Å². The van der Waals surface area contributed by atoms with Gasteiger partial charge in [-0.1, -0.05) is 34.1 Å². The van der Waals surface area contributed by atoms with Crippen LogP contribution in [-0.4, -0.2) is 39.2 Å². The molecule has 0 saturated carbocycles. The van der Waals surface area contributed by atoms with Crippen LogP contribution < -0.4 is 20.3 Å². The molecule has 6 heteroatoms. The number of nitrogens with zero attached hydrogens (tertiary/aromatic N) is 2. The molecule has 0 atom stereocenters. The second kappa shape index (κ2) is 9.65. The third-order valence-electron chi connectivity index (χ3n) is 4.87. The molecule has 2 N–H and O–H groups in total. The molecule has 144 valence electrons. The van der Waals surface area contributed by atoms with Crippen molar-refractivity contribution in [3.63, 3.8) is 0 Å². The molecular formula is C21H27BrN4O. The first-order valence-electron chi connectivity index (χ1n) is 9.29. The lowest BCUT2D eigenvalue weighted by atomic mass is 10.0. The van der Waals surface area contributed by atoms with Crippen LogP contribution in [0, 0.1) is 0 Å². The molecule has 0 aliphatic carbocycles. The van der Waals surface area contributed by atoms with Gasteiger partial charge >= 0.3 is 0 Å². The second-order valence-electron chi connectivity index (χ2n) is 6.62. The summed E-state index contributed by atoms with van der Waals surface area (Å²) >= 11 is 3.52. The summed E-state index contributed by atoms with van der Waals surface area (Å²) in [6, 6.07) is 17.1. The smallest absolute Gasteiger partial charge is 0.191 e. The normalized spacial score (nSPS) is 15.5. The molecule has 2 aromatic rings. The van der Waals surface area contributed by atoms with Gasteiger partial charge in [-0.25, -0.2) is 0 Å². The molecule has 1 aliphatic heterocycles. The number of nitrogens with one attached hydrogen (secondary N) is 2. The number of piperidine rings is 1. The summed E-state index contributed by atoms with van der Waals surface area (Å²) in [5.41, 5.74) is 2.40. The minimum atomic E-state index is 0.431. The number of rotatable bonds is 5. The molecule has 1 saturated heterocycles. The number of para-hydroxylation sites is 1. The van der Waals surface area contributed by atoms with E-state index in [1.165, 1.54) is 5.69 Å². The van der Waals surface area contributed by atoms with E-state index in [0.717, 1.165) is 47.7 Å². The fourth-order valence-corrected chi connectivity index (χ4v) is 3.78. The van der Waals surface area contributed by atoms with Gasteiger partial charge in [0.15, 0.2) is 5.96 Å². The molecule has 1 aliphatic rings. The van der Waals surface area contributed by atoms with Gasteiger partial charge in [0.1, 0.15) is 5.75 Å². The lowest BCUT2D eigenvalue weighted by Gasteiger charge is -2.34. The molecule has 3 rings (SSSR count). The lowest BCUT2D eigenvalue weighted by Crippen LogP contribution is -2.48. The average molecular weight is 431 g/mol. The number of hydrogen-bond donors (Lipinski definition) is 2. The van der Waals surface area contributed by atoms with Crippen molar-refractivity contribution < 1.29 is 4.74 Å². The highest BCUT2D eigenvalue weighted by Crippen LogP contribution is 2.23. The van der Waals surface area contributed by atoms with E-state index < -0.39 is 0 Å². The minimum Gasteiger partial charge on any atom is -0.496 e. The summed E-state index contributed by atoms with van der Waals surface area (Å²) in [4.78, 5) is 6.83. The Bertz CT molecular complexity index is 758. The molecule has 0 aromatic heterocycles. The van der Waals surface area contributed by atoms with Gasteiger partial charge < -0.3 is 20.3 Å². The Morgan fingerprint density at radius 1 is 1.19 bits per heavy atom. The summed E-state index contributed by atoms with van der Waals surface area (Å²) in [6.07, 6.45) is 2.19. The summed E-state index contributed by atoms with van der Waals surface area (Å²) in [5.74, 6) is 1.70. The van der Waals surface area contributed by atoms with Crippen LogP contribution >= 0.6 is 15.9 Å². The van der Waals surface area contributed by atoms with Crippen molar-refractivity contribution in [1.82, 2.24) is 10.6 Å². The molecule has 2 aromatic carbocycles. The van der Waals surface area contributed by atoms with Gasteiger partial charge in [-0.15, -0.1) is 0 Å². The molecule has 0 spiro atoms. The van der Waals surface area contributed by atoms with Crippen LogP contribution in [0.25, 0.3) is 0 Å². The largest absolute Gasteiger partial charge is 0.496 e. The van der Waals surface area contributed by atoms with Gasteiger partial charge in [0, 0.05) is 48.4 Å². The van der Waals surface area contributed by atoms with Crippen LogP contribution in [-0.2, 0) is 6.54 Å². The van der Waals surface area contributed by atoms with Crippen molar-refractivity contribution >= 4 is 27.6 Å². The maximum Gasteiger partial charge on any atom is 0.191 e. The predicted molar refractivity (Wildman–Crippen MR) is 116 cm³/mol. The summed E-state index contributed by atoms with van der Waals surface area (Å²) in [6.45, 7) is 2.77. The Labute approximate surface area is 170 Å². The number of anilines is 1. The van der Waals surface area contributed by atoms with E-state index in [-0.39, 0.29) is 0 Å². The van der Waals surface area contributed by atoms with Crippen LogP contribution in [0.15, 0.2) is 58.0 Å². The second-order valence-corrected chi connectivity index (χ2v) is 7.54. The molecule has 0 unspecified atom stereocenters. The van der Waals surface area contributed by atoms with Gasteiger partial charge in [0.05, 0.1) is 7.11 Å². The number of hydrogen-bond acceptors (Lipinski definition) is 3. The lowest BCUT2D eigenvalue weighted by molar-refractivity contribution is 0.408. The van der Waals surface area contributed by atoms with Gasteiger partial charge in [0.2, 0.25) is 0 Å². The molecule has 1 heterocycles. The summed E-state index contributed by atoms with van der Waals surface area (Å²) in [5, 5.41) is 6.96. The van der Waals surface area contributed by atoms with Crippen molar-refractivity contribution in [2.75, 3.05) is 32.1 Å². The quantitative estimate of drug-likeness (QED) is 0.559. The summed E-state index contributed by atoms with van der Waals surface area (Å²) in [7, 11) is 3.51. The maximum absolute atomic E-state index is 5.44. The highest BCUT2D eigenvalue weighted by Gasteiger charge is 2.20. The molecule has 0 amide bonds. The topological polar surface area (TPSA) is 48.9 Å². The number of benzene rings is 2. The maximum atomic E-state index is 5.44. The number of methoxy groups -OCH3 is 1. The van der Waals surface area contributed by atoms with Crippen LogP contribution in [0.2, 0.25) is 0 Å². The Hall–Kier alpha value is -2.21. The van der Waals surface area contributed by atoms with E-state index in [4.69, 9.17) is 4.74 Å². The number of halogens is 1. The highest BCUT2D eigenvalue weighted by molar-refractivity contribution is 9.10. The van der Waals surface area contributed by atoms with Crippen molar-refractivity contribution in [2.45, 2.75) is 25.4 Å². The van der Waals surface area contributed by atoms with Gasteiger partial charge in [-0.3, -0.25) is 4.99 Å². The van der Waals surface area contributed by atoms with Crippen LogP contribution in [0.1, 0.15) is 18.4 Å². The van der Waals surface area contributed by atoms with E-state index in [0.29, 0.717) is 12.6 Å². The predicted octanol–water partition coefficient (Wildman–Crippen LogP) is 3.79. The van der Waals surface area contributed by atoms with Crippen molar-refractivity contribution in [2.24, 2.45) is 4.99 Å². The van der Waals surface area contributed by atoms with Crippen LogP contribution in [0.5, 0.6) is 5.75 Å². The van der Waals surface area contributed by atoms with E-state index in [2.05, 4.69) is 72.9 Å². The van der Waals surface area contributed by atoms with Gasteiger partial charge in [0.25, 0.3) is 0 Å². The Balaban J connectivity index is 1.51. The van der Waals surface area contributed by atoms with E-state index >= 15 is 0 Å². The first-order chi connectivity index (χ1) is 13.2. The molecule has 1 fully saturated rings. The zero-order valence-electron chi connectivity index (χ0n) is 15.9. The Morgan fingerprint density at radius 3 is 2.59 bits per heavy atom. The third-order valence-corrected chi connectivity index (χ3v) is 5.36. The first-order valence-corrected chi connectivity index (χ1v) is 10.1. The molecule has 5 nitrogen and oxygen atoms in total. The van der Waals surface area contributed by atoms with Crippen LogP contribution in [0.3, 0.4) is 0 Å². The standard InChI is InChI=1S/C21H27BrN4O/c1-23-21(24-15-16-14-17(22)8-9-20(16)27-2)25-18-10-12-26(13-11-18)19-6-4-3-5-7-19/h3-9,14,18H,10-13,15H2,1-2H3,(H2,23,24,25). The molecule has 0 radical (unpaired) electrons. The number of ether oxygens (including phenoxy) is 1. The fourth-order valence-electron chi connectivity index (χ4n) is 3.37. The fraction of sp³-hybridized carbons (Fsp3) is 0.381. The monoisotopic (exact) mass is 430 g/mol. The van der Waals surface area contributed by atoms with Gasteiger partial charge in [-0.05, 0) is 43.2 Å². The van der Waals surface area contributed by atoms with Crippen molar-refractivity contribution in [3.05, 3.63) is 58.6 Å². The third kappa shape index (κ3) is 5.39. The van der Waals surface area contributed by atoms with Gasteiger partial charge in [-0.2, -0.15) is 0 Å². The Morgan fingerprint density at radius 2 is 1.93 bits per heavy atom. The van der Waals surface area contributed by atoms with Crippen molar-refractivity contribution in [3.8, 4) is 5.75 Å². The van der Waals surface area contributed by atoms with E-state index in [9.17, 15) is 0 Å². The van der Waals surface area contributed by atoms with E-state index in [1.54, 1.807) is 7.11 Å². The summed E-state index contributed by atoms with van der Waals surface area (Å²) < 4.78 is 6.48. The number of guanidine groups is 1. The first kappa shape index (κ1) is 19.5. The minimum absolute atomic E-state index is 0.431.